The lowest BCUT2D eigenvalue weighted by Crippen LogP contribution is -2.56. The molecule has 72 valence electrons. The summed E-state index contributed by atoms with van der Waals surface area (Å²) in [4.78, 5) is 1.51. The molecule has 1 aromatic rings. The SMILES string of the molecule is CCCC1(c2ccsc2C)CNC1. The highest BCUT2D eigenvalue weighted by Crippen LogP contribution is 2.37. The molecule has 0 bridgehead atoms. The Morgan fingerprint density at radius 1 is 1.54 bits per heavy atom. The summed E-state index contributed by atoms with van der Waals surface area (Å²) in [5, 5.41) is 5.63. The Bertz CT molecular complexity index is 286. The molecule has 2 rings (SSSR count). The number of rotatable bonds is 3. The van der Waals surface area contributed by atoms with Gasteiger partial charge in [-0.15, -0.1) is 11.3 Å². The molecule has 0 aromatic carbocycles. The minimum atomic E-state index is 0.485. The van der Waals surface area contributed by atoms with Crippen molar-refractivity contribution in [2.45, 2.75) is 32.1 Å². The van der Waals surface area contributed by atoms with Crippen LogP contribution in [-0.2, 0) is 5.41 Å². The van der Waals surface area contributed by atoms with Crippen molar-refractivity contribution in [3.8, 4) is 0 Å². The number of nitrogens with one attached hydrogen (secondary N) is 1. The molecule has 1 nitrogen and oxygen atoms in total. The minimum absolute atomic E-state index is 0.485. The van der Waals surface area contributed by atoms with Crippen molar-refractivity contribution in [3.63, 3.8) is 0 Å². The molecule has 1 aliphatic heterocycles. The van der Waals surface area contributed by atoms with Crippen LogP contribution in [0.25, 0.3) is 0 Å². The highest BCUT2D eigenvalue weighted by atomic mass is 32.1. The fraction of sp³-hybridized carbons (Fsp3) is 0.636. The fourth-order valence-electron chi connectivity index (χ4n) is 2.34. The molecule has 1 saturated heterocycles. The van der Waals surface area contributed by atoms with E-state index in [9.17, 15) is 0 Å². The topological polar surface area (TPSA) is 12.0 Å². The number of hydrogen-bond acceptors (Lipinski definition) is 2. The van der Waals surface area contributed by atoms with Crippen molar-refractivity contribution in [1.82, 2.24) is 5.32 Å². The first-order valence-electron chi connectivity index (χ1n) is 5.04. The third-order valence-corrected chi connectivity index (χ3v) is 3.93. The van der Waals surface area contributed by atoms with Crippen molar-refractivity contribution in [3.05, 3.63) is 21.9 Å². The van der Waals surface area contributed by atoms with E-state index < -0.39 is 0 Å². The summed E-state index contributed by atoms with van der Waals surface area (Å²) < 4.78 is 0. The van der Waals surface area contributed by atoms with Gasteiger partial charge in [0.2, 0.25) is 0 Å². The summed E-state index contributed by atoms with van der Waals surface area (Å²) in [5.41, 5.74) is 2.08. The van der Waals surface area contributed by atoms with Crippen LogP contribution in [0.3, 0.4) is 0 Å². The largest absolute Gasteiger partial charge is 0.315 e. The van der Waals surface area contributed by atoms with Crippen LogP contribution in [0.5, 0.6) is 0 Å². The van der Waals surface area contributed by atoms with Gasteiger partial charge in [-0.3, -0.25) is 0 Å². The number of thiophene rings is 1. The van der Waals surface area contributed by atoms with E-state index in [1.165, 1.54) is 30.8 Å². The molecule has 2 heterocycles. The molecule has 13 heavy (non-hydrogen) atoms. The Morgan fingerprint density at radius 3 is 2.69 bits per heavy atom. The van der Waals surface area contributed by atoms with Crippen molar-refractivity contribution in [2.75, 3.05) is 13.1 Å². The Kier molecular flexibility index (Phi) is 2.43. The summed E-state index contributed by atoms with van der Waals surface area (Å²) in [7, 11) is 0. The van der Waals surface area contributed by atoms with Crippen molar-refractivity contribution in [2.24, 2.45) is 0 Å². The van der Waals surface area contributed by atoms with Crippen LogP contribution in [0.2, 0.25) is 0 Å². The summed E-state index contributed by atoms with van der Waals surface area (Å²) >= 11 is 1.88. The smallest absolute Gasteiger partial charge is 0.0213 e. The maximum absolute atomic E-state index is 3.41. The molecule has 0 amide bonds. The second-order valence-electron chi connectivity index (χ2n) is 4.02. The quantitative estimate of drug-likeness (QED) is 0.782. The van der Waals surface area contributed by atoms with Gasteiger partial charge in [-0.25, -0.2) is 0 Å². The first-order chi connectivity index (χ1) is 6.28. The van der Waals surface area contributed by atoms with Gasteiger partial charge in [0.1, 0.15) is 0 Å². The second kappa shape index (κ2) is 3.43. The normalized spacial score (nSPS) is 19.8. The van der Waals surface area contributed by atoms with E-state index >= 15 is 0 Å². The van der Waals surface area contributed by atoms with Gasteiger partial charge in [-0.1, -0.05) is 13.3 Å². The molecular formula is C11H17NS. The van der Waals surface area contributed by atoms with Crippen LogP contribution in [0, 0.1) is 6.92 Å². The third-order valence-electron chi connectivity index (χ3n) is 3.09. The van der Waals surface area contributed by atoms with Crippen LogP contribution < -0.4 is 5.32 Å². The van der Waals surface area contributed by atoms with Gasteiger partial charge in [0.25, 0.3) is 0 Å². The molecule has 0 radical (unpaired) electrons. The fourth-order valence-corrected chi connectivity index (χ4v) is 3.16. The van der Waals surface area contributed by atoms with E-state index in [0.29, 0.717) is 5.41 Å². The zero-order chi connectivity index (χ0) is 9.31. The average molecular weight is 195 g/mol. The maximum Gasteiger partial charge on any atom is 0.0213 e. The molecule has 1 N–H and O–H groups in total. The molecule has 0 spiro atoms. The van der Waals surface area contributed by atoms with Crippen LogP contribution in [0.15, 0.2) is 11.4 Å². The van der Waals surface area contributed by atoms with Gasteiger partial charge < -0.3 is 5.32 Å². The standard InChI is InChI=1S/C11H17NS/c1-3-5-11(7-12-8-11)10-4-6-13-9(10)2/h4,6,12H,3,5,7-8H2,1-2H3. The number of hydrogen-bond donors (Lipinski definition) is 1. The third kappa shape index (κ3) is 1.42. The van der Waals surface area contributed by atoms with E-state index in [2.05, 4.69) is 30.6 Å². The van der Waals surface area contributed by atoms with Crippen LogP contribution in [0.4, 0.5) is 0 Å². The van der Waals surface area contributed by atoms with E-state index in [1.807, 2.05) is 11.3 Å². The summed E-state index contributed by atoms with van der Waals surface area (Å²) in [6, 6.07) is 2.32. The molecular weight excluding hydrogens is 178 g/mol. The summed E-state index contributed by atoms with van der Waals surface area (Å²) in [6.07, 6.45) is 2.62. The molecule has 2 heteroatoms. The lowest BCUT2D eigenvalue weighted by Gasteiger charge is -2.43. The van der Waals surface area contributed by atoms with Gasteiger partial charge in [0, 0.05) is 23.4 Å². The van der Waals surface area contributed by atoms with Crippen LogP contribution >= 0.6 is 11.3 Å². The van der Waals surface area contributed by atoms with Crippen molar-refractivity contribution < 1.29 is 0 Å². The summed E-state index contributed by atoms with van der Waals surface area (Å²) in [6.45, 7) is 6.88. The van der Waals surface area contributed by atoms with E-state index in [-0.39, 0.29) is 0 Å². The predicted molar refractivity (Wildman–Crippen MR) is 58.5 cm³/mol. The summed E-state index contributed by atoms with van der Waals surface area (Å²) in [5.74, 6) is 0. The Hall–Kier alpha value is -0.340. The van der Waals surface area contributed by atoms with Crippen molar-refractivity contribution >= 4 is 11.3 Å². The molecule has 0 aliphatic carbocycles. The number of aryl methyl sites for hydroxylation is 1. The lowest BCUT2D eigenvalue weighted by molar-refractivity contribution is 0.255. The highest BCUT2D eigenvalue weighted by Gasteiger charge is 2.38. The second-order valence-corrected chi connectivity index (χ2v) is 5.14. The molecule has 1 aromatic heterocycles. The molecule has 1 aliphatic rings. The zero-order valence-electron chi connectivity index (χ0n) is 8.39. The molecule has 1 fully saturated rings. The molecule has 0 saturated carbocycles. The maximum atomic E-state index is 3.41. The van der Waals surface area contributed by atoms with Gasteiger partial charge in [0.15, 0.2) is 0 Å². The van der Waals surface area contributed by atoms with Crippen LogP contribution in [-0.4, -0.2) is 13.1 Å². The van der Waals surface area contributed by atoms with E-state index in [4.69, 9.17) is 0 Å². The first kappa shape index (κ1) is 9.22. The van der Waals surface area contributed by atoms with Gasteiger partial charge in [0.05, 0.1) is 0 Å². The average Bonchev–Trinajstić information content (AvgIpc) is 2.44. The predicted octanol–water partition coefficient (Wildman–Crippen LogP) is 2.70. The Morgan fingerprint density at radius 2 is 2.31 bits per heavy atom. The minimum Gasteiger partial charge on any atom is -0.315 e. The Balaban J connectivity index is 2.26. The van der Waals surface area contributed by atoms with Crippen LogP contribution in [0.1, 0.15) is 30.2 Å². The van der Waals surface area contributed by atoms with Gasteiger partial charge in [-0.05, 0) is 30.4 Å². The molecule has 0 atom stereocenters. The van der Waals surface area contributed by atoms with E-state index in [0.717, 1.165) is 0 Å². The zero-order valence-corrected chi connectivity index (χ0v) is 9.21. The van der Waals surface area contributed by atoms with E-state index in [1.54, 1.807) is 5.56 Å². The Labute approximate surface area is 84.2 Å². The molecule has 0 unspecified atom stereocenters. The van der Waals surface area contributed by atoms with Crippen molar-refractivity contribution in [1.29, 1.82) is 0 Å². The lowest BCUT2D eigenvalue weighted by atomic mass is 9.72. The van der Waals surface area contributed by atoms with Gasteiger partial charge >= 0.3 is 0 Å². The van der Waals surface area contributed by atoms with Gasteiger partial charge in [-0.2, -0.15) is 0 Å². The highest BCUT2D eigenvalue weighted by molar-refractivity contribution is 7.10. The monoisotopic (exact) mass is 195 g/mol. The first-order valence-corrected chi connectivity index (χ1v) is 5.92.